The number of benzene rings is 1. The van der Waals surface area contributed by atoms with Crippen molar-refractivity contribution in [1.82, 2.24) is 25.5 Å². The van der Waals surface area contributed by atoms with Gasteiger partial charge in [-0.15, -0.1) is 0 Å². The lowest BCUT2D eigenvalue weighted by Crippen LogP contribution is -2.43. The number of aromatic nitrogens is 2. The number of hydrogen-bond acceptors (Lipinski definition) is 6. The molecule has 1 amide bonds. The monoisotopic (exact) mass is 474 g/mol. The molecule has 0 unspecified atom stereocenters. The Hall–Kier alpha value is -2.85. The fourth-order valence-electron chi connectivity index (χ4n) is 3.63. The molecule has 1 aliphatic heterocycles. The van der Waals surface area contributed by atoms with Gasteiger partial charge in [0.05, 0.1) is 26.5 Å². The van der Waals surface area contributed by atoms with Gasteiger partial charge in [0.25, 0.3) is 0 Å². The van der Waals surface area contributed by atoms with Crippen LogP contribution in [0.2, 0.25) is 0 Å². The molecule has 1 saturated heterocycles. The molecule has 2 heterocycles. The van der Waals surface area contributed by atoms with Crippen LogP contribution in [0.25, 0.3) is 0 Å². The SMILES string of the molecule is COc1cc(NC(=S)NCCCn2cncc2C)ccc1OCCC(=O)NC1CCNCC1. The standard InChI is InChI=1S/C23H34N6O3S/c1-17-15-25-16-29(17)12-3-9-26-23(33)28-19-4-5-20(21(14-19)31-2)32-13-8-22(30)27-18-6-10-24-11-7-18/h4-5,14-16,18,24H,3,6-13H2,1-2H3,(H,27,30)(H2,26,28,33). The Kier molecular flexibility index (Phi) is 9.77. The van der Waals surface area contributed by atoms with Crippen LogP contribution in [0.4, 0.5) is 5.69 Å². The van der Waals surface area contributed by atoms with Crippen LogP contribution in [0.5, 0.6) is 11.5 Å². The lowest BCUT2D eigenvalue weighted by Gasteiger charge is -2.23. The van der Waals surface area contributed by atoms with Crippen LogP contribution in [0, 0.1) is 6.92 Å². The average Bonchev–Trinajstić information content (AvgIpc) is 3.22. The van der Waals surface area contributed by atoms with E-state index in [4.69, 9.17) is 21.7 Å². The van der Waals surface area contributed by atoms with E-state index >= 15 is 0 Å². The van der Waals surface area contributed by atoms with Gasteiger partial charge in [-0.1, -0.05) is 0 Å². The highest BCUT2D eigenvalue weighted by Gasteiger charge is 2.15. The fourth-order valence-corrected chi connectivity index (χ4v) is 3.85. The minimum absolute atomic E-state index is 0.0128. The predicted molar refractivity (Wildman–Crippen MR) is 133 cm³/mol. The van der Waals surface area contributed by atoms with Gasteiger partial charge in [-0.3, -0.25) is 4.79 Å². The maximum Gasteiger partial charge on any atom is 0.223 e. The van der Waals surface area contributed by atoms with Crippen LogP contribution in [0.1, 0.15) is 31.4 Å². The number of rotatable bonds is 11. The molecule has 10 heteroatoms. The summed E-state index contributed by atoms with van der Waals surface area (Å²) in [6, 6.07) is 5.77. The van der Waals surface area contributed by atoms with E-state index in [-0.39, 0.29) is 18.6 Å². The van der Waals surface area contributed by atoms with Gasteiger partial charge < -0.3 is 35.3 Å². The number of nitrogens with zero attached hydrogens (tertiary/aromatic N) is 2. The number of carbonyl (C=O) groups is 1. The van der Waals surface area contributed by atoms with Gasteiger partial charge in [-0.25, -0.2) is 4.98 Å². The van der Waals surface area contributed by atoms with Gasteiger partial charge >= 0.3 is 0 Å². The molecule has 180 valence electrons. The Morgan fingerprint density at radius 2 is 2.12 bits per heavy atom. The van der Waals surface area contributed by atoms with E-state index in [1.165, 1.54) is 0 Å². The van der Waals surface area contributed by atoms with Gasteiger partial charge in [0, 0.05) is 42.8 Å². The zero-order valence-corrected chi connectivity index (χ0v) is 20.2. The smallest absolute Gasteiger partial charge is 0.223 e. The molecule has 4 N–H and O–H groups in total. The molecular formula is C23H34N6O3S. The molecule has 2 aromatic rings. The predicted octanol–water partition coefficient (Wildman–Crippen LogP) is 2.21. The van der Waals surface area contributed by atoms with Gasteiger partial charge in [0.15, 0.2) is 16.6 Å². The summed E-state index contributed by atoms with van der Waals surface area (Å²) in [6.45, 7) is 5.86. The molecule has 0 atom stereocenters. The van der Waals surface area contributed by atoms with E-state index in [0.29, 0.717) is 23.0 Å². The molecule has 3 rings (SSSR count). The maximum absolute atomic E-state index is 12.1. The van der Waals surface area contributed by atoms with Crippen molar-refractivity contribution in [3.05, 3.63) is 36.4 Å². The highest BCUT2D eigenvalue weighted by Crippen LogP contribution is 2.30. The van der Waals surface area contributed by atoms with E-state index < -0.39 is 0 Å². The van der Waals surface area contributed by atoms with Gasteiger partial charge in [0.1, 0.15) is 0 Å². The fraction of sp³-hybridized carbons (Fsp3) is 0.522. The van der Waals surface area contributed by atoms with Crippen LogP contribution in [0.3, 0.4) is 0 Å². The zero-order chi connectivity index (χ0) is 23.5. The molecule has 0 radical (unpaired) electrons. The second-order valence-corrected chi connectivity index (χ2v) is 8.43. The third-order valence-electron chi connectivity index (χ3n) is 5.49. The Bertz CT molecular complexity index is 913. The summed E-state index contributed by atoms with van der Waals surface area (Å²) >= 11 is 5.39. The topological polar surface area (TPSA) is 101 Å². The van der Waals surface area contributed by atoms with Crippen molar-refractivity contribution in [1.29, 1.82) is 0 Å². The van der Waals surface area contributed by atoms with E-state index in [1.54, 1.807) is 7.11 Å². The van der Waals surface area contributed by atoms with Crippen molar-refractivity contribution in [2.75, 3.05) is 38.7 Å². The molecule has 0 aliphatic carbocycles. The number of anilines is 1. The average molecular weight is 475 g/mol. The molecule has 0 spiro atoms. The summed E-state index contributed by atoms with van der Waals surface area (Å²) in [5, 5.41) is 13.3. The minimum atomic E-state index is 0.0128. The third-order valence-corrected chi connectivity index (χ3v) is 5.74. The molecule has 1 aliphatic rings. The summed E-state index contributed by atoms with van der Waals surface area (Å²) in [4.78, 5) is 16.3. The highest BCUT2D eigenvalue weighted by molar-refractivity contribution is 7.80. The van der Waals surface area contributed by atoms with Crippen molar-refractivity contribution in [3.63, 3.8) is 0 Å². The second-order valence-electron chi connectivity index (χ2n) is 8.02. The number of hydrogen-bond donors (Lipinski definition) is 4. The van der Waals surface area contributed by atoms with Crippen molar-refractivity contribution >= 4 is 28.9 Å². The van der Waals surface area contributed by atoms with Gasteiger partial charge in [0.2, 0.25) is 5.91 Å². The molecule has 9 nitrogen and oxygen atoms in total. The Balaban J connectivity index is 1.38. The summed E-state index contributed by atoms with van der Waals surface area (Å²) in [5.74, 6) is 1.18. The lowest BCUT2D eigenvalue weighted by atomic mass is 10.1. The van der Waals surface area contributed by atoms with Crippen LogP contribution in [-0.4, -0.2) is 60.0 Å². The molecular weight excluding hydrogens is 440 g/mol. The summed E-state index contributed by atoms with van der Waals surface area (Å²) in [6.07, 6.45) is 6.86. The lowest BCUT2D eigenvalue weighted by molar-refractivity contribution is -0.122. The van der Waals surface area contributed by atoms with Crippen molar-refractivity contribution < 1.29 is 14.3 Å². The third kappa shape index (κ3) is 8.21. The number of amides is 1. The van der Waals surface area contributed by atoms with Crippen molar-refractivity contribution in [3.8, 4) is 11.5 Å². The first-order valence-electron chi connectivity index (χ1n) is 11.4. The number of nitrogens with one attached hydrogen (secondary N) is 4. The summed E-state index contributed by atoms with van der Waals surface area (Å²) in [7, 11) is 1.59. The first-order chi connectivity index (χ1) is 16.0. The molecule has 1 aromatic carbocycles. The number of methoxy groups -OCH3 is 1. The van der Waals surface area contributed by atoms with Gasteiger partial charge in [-0.2, -0.15) is 0 Å². The minimum Gasteiger partial charge on any atom is -0.493 e. The number of thiocarbonyl (C=S) groups is 1. The Morgan fingerprint density at radius 3 is 2.85 bits per heavy atom. The quantitative estimate of drug-likeness (QED) is 0.291. The van der Waals surface area contributed by atoms with E-state index in [9.17, 15) is 4.79 Å². The number of ether oxygens (including phenoxy) is 2. The first-order valence-corrected chi connectivity index (χ1v) is 11.8. The van der Waals surface area contributed by atoms with Crippen molar-refractivity contribution in [2.24, 2.45) is 0 Å². The van der Waals surface area contributed by atoms with Crippen LogP contribution < -0.4 is 30.7 Å². The molecule has 0 saturated carbocycles. The normalized spacial score (nSPS) is 13.9. The summed E-state index contributed by atoms with van der Waals surface area (Å²) in [5.41, 5.74) is 1.94. The van der Waals surface area contributed by atoms with E-state index in [0.717, 1.165) is 56.8 Å². The Labute approximate surface area is 200 Å². The Morgan fingerprint density at radius 1 is 1.30 bits per heavy atom. The van der Waals surface area contributed by atoms with Crippen molar-refractivity contribution in [2.45, 2.75) is 45.2 Å². The molecule has 1 fully saturated rings. The number of piperidine rings is 1. The van der Waals surface area contributed by atoms with Crippen LogP contribution >= 0.6 is 12.2 Å². The first kappa shape index (κ1) is 24.8. The zero-order valence-electron chi connectivity index (χ0n) is 19.4. The van der Waals surface area contributed by atoms with Crippen LogP contribution in [0.15, 0.2) is 30.7 Å². The second kappa shape index (κ2) is 13.0. The molecule has 0 bridgehead atoms. The van der Waals surface area contributed by atoms with E-state index in [1.807, 2.05) is 37.6 Å². The van der Waals surface area contributed by atoms with Gasteiger partial charge in [-0.05, 0) is 63.6 Å². The number of carbonyl (C=O) groups excluding carboxylic acids is 1. The van der Waals surface area contributed by atoms with E-state index in [2.05, 4.69) is 30.8 Å². The number of imidazole rings is 1. The molecule has 1 aromatic heterocycles. The molecule has 33 heavy (non-hydrogen) atoms. The number of aryl methyl sites for hydroxylation is 2. The largest absolute Gasteiger partial charge is 0.493 e. The summed E-state index contributed by atoms with van der Waals surface area (Å²) < 4.78 is 13.4. The van der Waals surface area contributed by atoms with Crippen LogP contribution in [-0.2, 0) is 11.3 Å². The highest BCUT2D eigenvalue weighted by atomic mass is 32.1. The maximum atomic E-state index is 12.1.